The highest BCUT2D eigenvalue weighted by atomic mass is 79.9. The van der Waals surface area contributed by atoms with Crippen LogP contribution in [0.15, 0.2) is 22.7 Å². The molecule has 2 N–H and O–H groups in total. The molecule has 0 spiro atoms. The second-order valence-corrected chi connectivity index (χ2v) is 5.96. The van der Waals surface area contributed by atoms with Gasteiger partial charge in [0.05, 0.1) is 5.60 Å². The van der Waals surface area contributed by atoms with Gasteiger partial charge < -0.3 is 10.4 Å². The van der Waals surface area contributed by atoms with Crippen molar-refractivity contribution in [1.29, 1.82) is 0 Å². The van der Waals surface area contributed by atoms with Crippen LogP contribution in [0, 0.1) is 6.92 Å². The van der Waals surface area contributed by atoms with Crippen LogP contribution in [0.1, 0.15) is 37.7 Å². The number of aliphatic hydroxyl groups is 1. The number of hydrogen-bond acceptors (Lipinski definition) is 2. The maximum atomic E-state index is 10.4. The molecule has 2 rings (SSSR count). The SMILES string of the molecule is Cc1cc(NCC2(O)CCCCC2)ccc1Br. The van der Waals surface area contributed by atoms with E-state index in [4.69, 9.17) is 0 Å². The number of benzene rings is 1. The molecule has 0 unspecified atom stereocenters. The monoisotopic (exact) mass is 297 g/mol. The van der Waals surface area contributed by atoms with E-state index >= 15 is 0 Å². The Bertz CT molecular complexity index is 386. The summed E-state index contributed by atoms with van der Waals surface area (Å²) in [6, 6.07) is 6.20. The van der Waals surface area contributed by atoms with Crippen LogP contribution in [-0.4, -0.2) is 17.3 Å². The molecule has 0 saturated heterocycles. The third-order valence-corrected chi connectivity index (χ3v) is 4.45. The normalized spacial score (nSPS) is 19.0. The van der Waals surface area contributed by atoms with Crippen LogP contribution in [0.25, 0.3) is 0 Å². The van der Waals surface area contributed by atoms with Crippen molar-refractivity contribution in [2.24, 2.45) is 0 Å². The Morgan fingerprint density at radius 3 is 2.65 bits per heavy atom. The lowest BCUT2D eigenvalue weighted by Crippen LogP contribution is -2.38. The van der Waals surface area contributed by atoms with Gasteiger partial charge in [0.1, 0.15) is 0 Å². The minimum atomic E-state index is -0.501. The Kier molecular flexibility index (Phi) is 4.10. The van der Waals surface area contributed by atoms with Gasteiger partial charge in [-0.1, -0.05) is 35.2 Å². The lowest BCUT2D eigenvalue weighted by atomic mass is 9.85. The molecule has 2 nitrogen and oxygen atoms in total. The van der Waals surface area contributed by atoms with Gasteiger partial charge in [0.25, 0.3) is 0 Å². The zero-order valence-electron chi connectivity index (χ0n) is 10.3. The number of anilines is 1. The molecule has 0 aromatic heterocycles. The van der Waals surface area contributed by atoms with E-state index in [1.165, 1.54) is 12.0 Å². The fraction of sp³-hybridized carbons (Fsp3) is 0.571. The summed E-state index contributed by atoms with van der Waals surface area (Å²) < 4.78 is 1.12. The van der Waals surface area contributed by atoms with Crippen LogP contribution in [0.2, 0.25) is 0 Å². The first-order valence-electron chi connectivity index (χ1n) is 6.31. The predicted molar refractivity (Wildman–Crippen MR) is 75.4 cm³/mol. The van der Waals surface area contributed by atoms with Crippen molar-refractivity contribution in [1.82, 2.24) is 0 Å². The lowest BCUT2D eigenvalue weighted by Gasteiger charge is -2.32. The van der Waals surface area contributed by atoms with Crippen LogP contribution >= 0.6 is 15.9 Å². The third-order valence-electron chi connectivity index (χ3n) is 3.56. The zero-order valence-corrected chi connectivity index (χ0v) is 11.9. The van der Waals surface area contributed by atoms with Crippen molar-refractivity contribution in [3.63, 3.8) is 0 Å². The molecule has 0 atom stereocenters. The predicted octanol–water partition coefficient (Wildman–Crippen LogP) is 3.86. The van der Waals surface area contributed by atoms with Gasteiger partial charge in [-0.25, -0.2) is 0 Å². The summed E-state index contributed by atoms with van der Waals surface area (Å²) in [6.07, 6.45) is 5.42. The fourth-order valence-electron chi connectivity index (χ4n) is 2.41. The van der Waals surface area contributed by atoms with Crippen molar-refractivity contribution in [2.45, 2.75) is 44.6 Å². The van der Waals surface area contributed by atoms with Gasteiger partial charge in [-0.2, -0.15) is 0 Å². The summed E-state index contributed by atoms with van der Waals surface area (Å²) in [5, 5.41) is 13.7. The van der Waals surface area contributed by atoms with Gasteiger partial charge in [-0.05, 0) is 43.5 Å². The number of rotatable bonds is 3. The molecule has 1 fully saturated rings. The fourth-order valence-corrected chi connectivity index (χ4v) is 2.65. The maximum Gasteiger partial charge on any atom is 0.0819 e. The highest BCUT2D eigenvalue weighted by Crippen LogP contribution is 2.28. The molecule has 1 saturated carbocycles. The van der Waals surface area contributed by atoms with Crippen LogP contribution in [0.4, 0.5) is 5.69 Å². The topological polar surface area (TPSA) is 32.3 Å². The molecular formula is C14H20BrNO. The molecule has 0 amide bonds. The van der Waals surface area contributed by atoms with Crippen LogP contribution in [0.3, 0.4) is 0 Å². The minimum absolute atomic E-state index is 0.501. The Morgan fingerprint density at radius 2 is 2.00 bits per heavy atom. The Morgan fingerprint density at radius 1 is 1.29 bits per heavy atom. The molecule has 1 aromatic rings. The van der Waals surface area contributed by atoms with E-state index in [1.54, 1.807) is 0 Å². The van der Waals surface area contributed by atoms with Gasteiger partial charge in [0.2, 0.25) is 0 Å². The van der Waals surface area contributed by atoms with Crippen molar-refractivity contribution < 1.29 is 5.11 Å². The van der Waals surface area contributed by atoms with E-state index in [-0.39, 0.29) is 0 Å². The van der Waals surface area contributed by atoms with E-state index in [0.717, 1.165) is 35.8 Å². The van der Waals surface area contributed by atoms with Gasteiger partial charge in [0, 0.05) is 16.7 Å². The molecular weight excluding hydrogens is 278 g/mol. The number of nitrogens with one attached hydrogen (secondary N) is 1. The van der Waals surface area contributed by atoms with Crippen molar-refractivity contribution >= 4 is 21.6 Å². The summed E-state index contributed by atoms with van der Waals surface area (Å²) in [7, 11) is 0. The minimum Gasteiger partial charge on any atom is -0.388 e. The molecule has 0 radical (unpaired) electrons. The van der Waals surface area contributed by atoms with Crippen LogP contribution in [0.5, 0.6) is 0 Å². The maximum absolute atomic E-state index is 10.4. The summed E-state index contributed by atoms with van der Waals surface area (Å²) in [4.78, 5) is 0. The Labute approximate surface area is 112 Å². The largest absolute Gasteiger partial charge is 0.388 e. The average molecular weight is 298 g/mol. The highest BCUT2D eigenvalue weighted by molar-refractivity contribution is 9.10. The van der Waals surface area contributed by atoms with Crippen LogP contribution < -0.4 is 5.32 Å². The van der Waals surface area contributed by atoms with E-state index in [0.29, 0.717) is 6.54 Å². The molecule has 1 aliphatic rings. The summed E-state index contributed by atoms with van der Waals surface area (Å²) in [5.41, 5.74) is 1.80. The molecule has 0 bridgehead atoms. The lowest BCUT2D eigenvalue weighted by molar-refractivity contribution is 0.0167. The second kappa shape index (κ2) is 5.40. The quantitative estimate of drug-likeness (QED) is 0.888. The van der Waals surface area contributed by atoms with Gasteiger partial charge in [0.15, 0.2) is 0 Å². The first-order chi connectivity index (χ1) is 8.09. The summed E-state index contributed by atoms with van der Waals surface area (Å²) in [5.74, 6) is 0. The molecule has 17 heavy (non-hydrogen) atoms. The van der Waals surface area contributed by atoms with Crippen molar-refractivity contribution in [2.75, 3.05) is 11.9 Å². The molecule has 3 heteroatoms. The van der Waals surface area contributed by atoms with E-state index in [9.17, 15) is 5.11 Å². The van der Waals surface area contributed by atoms with Gasteiger partial charge in [-0.3, -0.25) is 0 Å². The first-order valence-corrected chi connectivity index (χ1v) is 7.11. The summed E-state index contributed by atoms with van der Waals surface area (Å²) in [6.45, 7) is 2.73. The number of aryl methyl sites for hydroxylation is 1. The van der Waals surface area contributed by atoms with E-state index in [2.05, 4.69) is 34.2 Å². The smallest absolute Gasteiger partial charge is 0.0819 e. The zero-order chi connectivity index (χ0) is 12.3. The third kappa shape index (κ3) is 3.46. The van der Waals surface area contributed by atoms with E-state index in [1.807, 2.05) is 12.1 Å². The van der Waals surface area contributed by atoms with Crippen LogP contribution in [-0.2, 0) is 0 Å². The standard InChI is InChI=1S/C14H20BrNO/c1-11-9-12(5-6-13(11)15)16-10-14(17)7-3-2-4-8-14/h5-6,9,16-17H,2-4,7-8,10H2,1H3. The molecule has 94 valence electrons. The van der Waals surface area contributed by atoms with Gasteiger partial charge in [-0.15, -0.1) is 0 Å². The average Bonchev–Trinajstić information content (AvgIpc) is 2.32. The number of halogens is 1. The number of hydrogen-bond donors (Lipinski definition) is 2. The molecule has 1 aromatic carbocycles. The van der Waals surface area contributed by atoms with Crippen molar-refractivity contribution in [3.8, 4) is 0 Å². The molecule has 0 aliphatic heterocycles. The summed E-state index contributed by atoms with van der Waals surface area (Å²) >= 11 is 3.49. The molecule has 1 aliphatic carbocycles. The Hall–Kier alpha value is -0.540. The van der Waals surface area contributed by atoms with E-state index < -0.39 is 5.60 Å². The van der Waals surface area contributed by atoms with Gasteiger partial charge >= 0.3 is 0 Å². The first kappa shape index (κ1) is 12.9. The highest BCUT2D eigenvalue weighted by Gasteiger charge is 2.28. The Balaban J connectivity index is 1.94. The second-order valence-electron chi connectivity index (χ2n) is 5.10. The van der Waals surface area contributed by atoms with Crippen molar-refractivity contribution in [3.05, 3.63) is 28.2 Å². The molecule has 0 heterocycles.